The molecule has 0 saturated heterocycles. The van der Waals surface area contributed by atoms with Gasteiger partial charge in [0.1, 0.15) is 16.4 Å². The van der Waals surface area contributed by atoms with Crippen LogP contribution in [0.5, 0.6) is 0 Å². The van der Waals surface area contributed by atoms with Crippen molar-refractivity contribution in [2.75, 3.05) is 32.1 Å². The molecule has 0 aromatic carbocycles. The molecule has 110 valence electrons. The highest BCUT2D eigenvalue weighted by molar-refractivity contribution is 7.98. The Bertz CT molecular complexity index is 497. The number of furan rings is 1. The van der Waals surface area contributed by atoms with E-state index in [1.54, 1.807) is 31.8 Å². The zero-order valence-electron chi connectivity index (χ0n) is 11.9. The average molecular weight is 306 g/mol. The van der Waals surface area contributed by atoms with Crippen LogP contribution in [0.15, 0.2) is 15.4 Å². The van der Waals surface area contributed by atoms with Gasteiger partial charge in [-0.15, -0.1) is 0 Å². The van der Waals surface area contributed by atoms with Crippen molar-refractivity contribution in [1.82, 2.24) is 9.62 Å². The Hall–Kier alpha value is -0.500. The number of nitrogens with zero attached hydrogens (tertiary/aromatic N) is 1. The van der Waals surface area contributed by atoms with Crippen molar-refractivity contribution in [3.63, 3.8) is 0 Å². The number of nitrogens with one attached hydrogen (secondary N) is 1. The van der Waals surface area contributed by atoms with E-state index in [-0.39, 0.29) is 4.90 Å². The molecule has 1 aromatic rings. The van der Waals surface area contributed by atoms with Gasteiger partial charge < -0.3 is 9.73 Å². The third-order valence-corrected chi connectivity index (χ3v) is 5.33. The van der Waals surface area contributed by atoms with Gasteiger partial charge in [0.15, 0.2) is 0 Å². The molecule has 0 aliphatic rings. The second kappa shape index (κ2) is 7.33. The fourth-order valence-electron chi connectivity index (χ4n) is 1.62. The first-order valence-electron chi connectivity index (χ1n) is 6.18. The molecule has 7 heteroatoms. The molecule has 0 atom stereocenters. The lowest BCUT2D eigenvalue weighted by Crippen LogP contribution is -2.29. The maximum Gasteiger partial charge on any atom is 0.246 e. The first-order valence-corrected chi connectivity index (χ1v) is 9.02. The fraction of sp³-hybridized carbons (Fsp3) is 0.667. The lowest BCUT2D eigenvalue weighted by Gasteiger charge is -2.15. The number of aryl methyl sites for hydroxylation is 1. The Morgan fingerprint density at radius 3 is 2.74 bits per heavy atom. The van der Waals surface area contributed by atoms with Crippen molar-refractivity contribution >= 4 is 21.8 Å². The third-order valence-electron chi connectivity index (χ3n) is 2.77. The molecule has 19 heavy (non-hydrogen) atoms. The SMILES string of the molecule is CCNCc1cc(S(=O)(=O)N(C)CCSC)c(C)o1. The topological polar surface area (TPSA) is 62.6 Å². The molecule has 5 nitrogen and oxygen atoms in total. The number of hydrogen-bond acceptors (Lipinski definition) is 5. The fourth-order valence-corrected chi connectivity index (χ4v) is 3.55. The molecule has 0 fully saturated rings. The Morgan fingerprint density at radius 2 is 2.16 bits per heavy atom. The first-order chi connectivity index (χ1) is 8.93. The zero-order chi connectivity index (χ0) is 14.5. The maximum absolute atomic E-state index is 12.4. The monoisotopic (exact) mass is 306 g/mol. The Morgan fingerprint density at radius 1 is 1.47 bits per heavy atom. The largest absolute Gasteiger partial charge is 0.464 e. The number of sulfonamides is 1. The molecule has 0 bridgehead atoms. The Labute approximate surface area is 119 Å². The van der Waals surface area contributed by atoms with Gasteiger partial charge in [-0.05, 0) is 19.7 Å². The number of thioether (sulfide) groups is 1. The van der Waals surface area contributed by atoms with Crippen LogP contribution in [0, 0.1) is 6.92 Å². The Balaban J connectivity index is 2.91. The van der Waals surface area contributed by atoms with Gasteiger partial charge >= 0.3 is 0 Å². The summed E-state index contributed by atoms with van der Waals surface area (Å²) in [5.41, 5.74) is 0. The molecule has 0 amide bonds. The molecule has 0 unspecified atom stereocenters. The van der Waals surface area contributed by atoms with Crippen LogP contribution in [0.1, 0.15) is 18.4 Å². The normalized spacial score (nSPS) is 12.3. The van der Waals surface area contributed by atoms with Crippen molar-refractivity contribution < 1.29 is 12.8 Å². The minimum absolute atomic E-state index is 0.268. The maximum atomic E-state index is 12.4. The van der Waals surface area contributed by atoms with Crippen LogP contribution >= 0.6 is 11.8 Å². The van der Waals surface area contributed by atoms with E-state index >= 15 is 0 Å². The van der Waals surface area contributed by atoms with Gasteiger partial charge in [0.2, 0.25) is 10.0 Å². The van der Waals surface area contributed by atoms with Crippen LogP contribution in [0.25, 0.3) is 0 Å². The molecule has 1 rings (SSSR count). The summed E-state index contributed by atoms with van der Waals surface area (Å²) in [5, 5.41) is 3.11. The van der Waals surface area contributed by atoms with Gasteiger partial charge in [-0.2, -0.15) is 16.1 Å². The van der Waals surface area contributed by atoms with E-state index in [0.717, 1.165) is 12.3 Å². The molecule has 0 radical (unpaired) electrons. The standard InChI is InChI=1S/C12H22N2O3S2/c1-5-13-9-11-8-12(10(2)17-11)19(15,16)14(3)6-7-18-4/h8,13H,5-7,9H2,1-4H3. The number of rotatable bonds is 8. The van der Waals surface area contributed by atoms with E-state index in [1.165, 1.54) is 4.31 Å². The zero-order valence-corrected chi connectivity index (χ0v) is 13.5. The highest BCUT2D eigenvalue weighted by Crippen LogP contribution is 2.23. The summed E-state index contributed by atoms with van der Waals surface area (Å²) in [6, 6.07) is 1.61. The second-order valence-corrected chi connectivity index (χ2v) is 7.23. The molecule has 1 N–H and O–H groups in total. The lowest BCUT2D eigenvalue weighted by atomic mass is 10.4. The van der Waals surface area contributed by atoms with E-state index in [9.17, 15) is 8.42 Å². The van der Waals surface area contributed by atoms with E-state index in [1.807, 2.05) is 13.2 Å². The van der Waals surface area contributed by atoms with Crippen LogP contribution in [0.2, 0.25) is 0 Å². The summed E-state index contributed by atoms with van der Waals surface area (Å²) in [5.74, 6) is 1.87. The molecule has 1 aromatic heterocycles. The molecular formula is C12H22N2O3S2. The van der Waals surface area contributed by atoms with Gasteiger partial charge in [0, 0.05) is 25.4 Å². The highest BCUT2D eigenvalue weighted by atomic mass is 32.2. The van der Waals surface area contributed by atoms with E-state index in [4.69, 9.17) is 4.42 Å². The van der Waals surface area contributed by atoms with Crippen LogP contribution in [-0.2, 0) is 16.6 Å². The Kier molecular flexibility index (Phi) is 6.38. The van der Waals surface area contributed by atoms with Gasteiger partial charge in [0.05, 0.1) is 6.54 Å². The van der Waals surface area contributed by atoms with Crippen LogP contribution in [-0.4, -0.2) is 44.9 Å². The van der Waals surface area contributed by atoms with Crippen molar-refractivity contribution in [2.45, 2.75) is 25.3 Å². The van der Waals surface area contributed by atoms with Crippen LogP contribution in [0.4, 0.5) is 0 Å². The summed E-state index contributed by atoms with van der Waals surface area (Å²) >= 11 is 1.62. The minimum atomic E-state index is -3.45. The first kappa shape index (κ1) is 16.6. The third kappa shape index (κ3) is 4.24. The van der Waals surface area contributed by atoms with E-state index < -0.39 is 10.0 Å². The van der Waals surface area contributed by atoms with Crippen molar-refractivity contribution in [1.29, 1.82) is 0 Å². The smallest absolute Gasteiger partial charge is 0.246 e. The van der Waals surface area contributed by atoms with Crippen LogP contribution in [0.3, 0.4) is 0 Å². The van der Waals surface area contributed by atoms with Gasteiger partial charge in [-0.1, -0.05) is 6.92 Å². The molecule has 0 aliphatic carbocycles. The van der Waals surface area contributed by atoms with Crippen molar-refractivity contribution in [3.05, 3.63) is 17.6 Å². The van der Waals surface area contributed by atoms with E-state index in [2.05, 4.69) is 5.32 Å². The van der Waals surface area contributed by atoms with Crippen molar-refractivity contribution in [3.8, 4) is 0 Å². The van der Waals surface area contributed by atoms with E-state index in [0.29, 0.717) is 24.6 Å². The highest BCUT2D eigenvalue weighted by Gasteiger charge is 2.25. The number of hydrogen-bond donors (Lipinski definition) is 1. The van der Waals surface area contributed by atoms with Crippen molar-refractivity contribution in [2.24, 2.45) is 0 Å². The molecule has 0 aliphatic heterocycles. The summed E-state index contributed by atoms with van der Waals surface area (Å²) in [6.45, 7) is 5.53. The summed E-state index contributed by atoms with van der Waals surface area (Å²) in [4.78, 5) is 0.268. The molecule has 0 saturated carbocycles. The average Bonchev–Trinajstić information content (AvgIpc) is 2.75. The predicted octanol–water partition coefficient (Wildman–Crippen LogP) is 1.68. The summed E-state index contributed by atoms with van der Waals surface area (Å²) in [6.07, 6.45) is 1.96. The lowest BCUT2D eigenvalue weighted by molar-refractivity contribution is 0.455. The van der Waals surface area contributed by atoms with Gasteiger partial charge in [-0.25, -0.2) is 8.42 Å². The van der Waals surface area contributed by atoms with Gasteiger partial charge in [0.25, 0.3) is 0 Å². The molecule has 0 spiro atoms. The summed E-state index contributed by atoms with van der Waals surface area (Å²) in [7, 11) is -1.85. The predicted molar refractivity (Wildman–Crippen MR) is 79.0 cm³/mol. The minimum Gasteiger partial charge on any atom is -0.464 e. The summed E-state index contributed by atoms with van der Waals surface area (Å²) < 4.78 is 31.6. The van der Waals surface area contributed by atoms with Gasteiger partial charge in [-0.3, -0.25) is 0 Å². The quantitative estimate of drug-likeness (QED) is 0.792. The molecular weight excluding hydrogens is 284 g/mol. The molecule has 1 heterocycles. The second-order valence-electron chi connectivity index (χ2n) is 4.23. The van der Waals surface area contributed by atoms with Crippen LogP contribution < -0.4 is 5.32 Å².